The summed E-state index contributed by atoms with van der Waals surface area (Å²) in [6.45, 7) is 1.81. The second-order valence-electron chi connectivity index (χ2n) is 4.59. The fraction of sp³-hybridized carbons (Fsp3) is 0.0625. The lowest BCUT2D eigenvalue weighted by Gasteiger charge is -2.07. The number of nitrogens with zero attached hydrogens (tertiary/aromatic N) is 1. The van der Waals surface area contributed by atoms with Crippen LogP contribution in [-0.4, -0.2) is 10.8 Å². The van der Waals surface area contributed by atoms with Crippen molar-refractivity contribution in [3.8, 4) is 0 Å². The Morgan fingerprint density at radius 3 is 2.73 bits per heavy atom. The van der Waals surface area contributed by atoms with Gasteiger partial charge in [0.1, 0.15) is 0 Å². The minimum Gasteiger partial charge on any atom is -0.322 e. The maximum Gasteiger partial charge on any atom is 0.270 e. The van der Waals surface area contributed by atoms with Gasteiger partial charge in [-0.1, -0.05) is 29.8 Å². The smallest absolute Gasteiger partial charge is 0.270 e. The van der Waals surface area contributed by atoms with Crippen LogP contribution >= 0.6 is 11.6 Å². The number of anilines is 1. The number of hydrogen-bond acceptors (Lipinski definition) is 3. The molecule has 112 valence electrons. The van der Waals surface area contributed by atoms with Gasteiger partial charge in [0.15, 0.2) is 0 Å². The van der Waals surface area contributed by atoms with Crippen LogP contribution in [0.1, 0.15) is 11.1 Å². The molecule has 0 aliphatic carbocycles. The van der Waals surface area contributed by atoms with Crippen LogP contribution in [0.5, 0.6) is 0 Å². The zero-order chi connectivity index (χ0) is 16.1. The third-order valence-electron chi connectivity index (χ3n) is 3.03. The second-order valence-corrected chi connectivity index (χ2v) is 4.99. The maximum absolute atomic E-state index is 11.9. The molecule has 0 spiro atoms. The number of non-ortho nitro benzene ring substituents is 1. The highest BCUT2D eigenvalue weighted by Gasteiger charge is 2.06. The molecule has 0 aliphatic heterocycles. The normalized spacial score (nSPS) is 10.6. The standard InChI is InChI=1S/C16H13ClN2O3/c1-11-14(17)6-3-7-15(11)18-16(20)9-8-12-4-2-5-13(10-12)19(21)22/h2-10H,1H3,(H,18,20). The van der Waals surface area contributed by atoms with Crippen LogP contribution in [0.2, 0.25) is 5.02 Å². The van der Waals surface area contributed by atoms with E-state index in [0.717, 1.165) is 5.56 Å². The molecule has 0 aromatic heterocycles. The van der Waals surface area contributed by atoms with Crippen molar-refractivity contribution in [2.45, 2.75) is 6.92 Å². The summed E-state index contributed by atoms with van der Waals surface area (Å²) in [5.74, 6) is -0.336. The van der Waals surface area contributed by atoms with Crippen LogP contribution in [0.25, 0.3) is 6.08 Å². The number of hydrogen-bond donors (Lipinski definition) is 1. The number of rotatable bonds is 4. The molecule has 6 heteroatoms. The number of carbonyl (C=O) groups excluding carboxylic acids is 1. The summed E-state index contributed by atoms with van der Waals surface area (Å²) in [7, 11) is 0. The first-order valence-corrected chi connectivity index (χ1v) is 6.84. The topological polar surface area (TPSA) is 72.2 Å². The van der Waals surface area contributed by atoms with Gasteiger partial charge in [0.25, 0.3) is 5.69 Å². The molecule has 0 bridgehead atoms. The molecule has 2 aromatic rings. The summed E-state index contributed by atoms with van der Waals surface area (Å²) >= 11 is 5.98. The van der Waals surface area contributed by atoms with Gasteiger partial charge in [-0.05, 0) is 36.3 Å². The summed E-state index contributed by atoms with van der Waals surface area (Å²) in [5, 5.41) is 14.0. The second kappa shape index (κ2) is 6.87. The van der Waals surface area contributed by atoms with E-state index in [1.807, 2.05) is 6.92 Å². The molecule has 1 N–H and O–H groups in total. The average molecular weight is 317 g/mol. The van der Waals surface area contributed by atoms with E-state index in [1.54, 1.807) is 30.3 Å². The first-order valence-electron chi connectivity index (χ1n) is 6.46. The molecule has 0 unspecified atom stereocenters. The van der Waals surface area contributed by atoms with Crippen LogP contribution in [-0.2, 0) is 4.79 Å². The Balaban J connectivity index is 2.10. The number of benzene rings is 2. The van der Waals surface area contributed by atoms with Crippen LogP contribution in [0.3, 0.4) is 0 Å². The summed E-state index contributed by atoms with van der Waals surface area (Å²) in [5.41, 5.74) is 1.96. The van der Waals surface area contributed by atoms with E-state index >= 15 is 0 Å². The van der Waals surface area contributed by atoms with Gasteiger partial charge in [-0.15, -0.1) is 0 Å². The molecule has 0 saturated heterocycles. The third kappa shape index (κ3) is 3.93. The fourth-order valence-electron chi connectivity index (χ4n) is 1.83. The number of nitro groups is 1. The highest BCUT2D eigenvalue weighted by Crippen LogP contribution is 2.23. The van der Waals surface area contributed by atoms with Crippen molar-refractivity contribution >= 4 is 35.0 Å². The molecule has 0 heterocycles. The Hall–Kier alpha value is -2.66. The van der Waals surface area contributed by atoms with E-state index in [2.05, 4.69) is 5.32 Å². The van der Waals surface area contributed by atoms with Crippen molar-refractivity contribution in [2.24, 2.45) is 0 Å². The van der Waals surface area contributed by atoms with Gasteiger partial charge in [-0.2, -0.15) is 0 Å². The Kier molecular flexibility index (Phi) is 4.91. The zero-order valence-electron chi connectivity index (χ0n) is 11.7. The van der Waals surface area contributed by atoms with Crippen molar-refractivity contribution < 1.29 is 9.72 Å². The first kappa shape index (κ1) is 15.7. The van der Waals surface area contributed by atoms with Crippen LogP contribution in [0.15, 0.2) is 48.5 Å². The maximum atomic E-state index is 11.9. The van der Waals surface area contributed by atoms with Crippen LogP contribution in [0, 0.1) is 17.0 Å². The molecule has 1 amide bonds. The molecule has 2 aromatic carbocycles. The van der Waals surface area contributed by atoms with Gasteiger partial charge in [0, 0.05) is 28.9 Å². The molecule has 22 heavy (non-hydrogen) atoms. The molecular formula is C16H13ClN2O3. The predicted molar refractivity (Wildman–Crippen MR) is 86.9 cm³/mol. The average Bonchev–Trinajstić information content (AvgIpc) is 2.50. The molecule has 5 nitrogen and oxygen atoms in total. The lowest BCUT2D eigenvalue weighted by atomic mass is 10.2. The van der Waals surface area contributed by atoms with E-state index in [0.29, 0.717) is 16.3 Å². The summed E-state index contributed by atoms with van der Waals surface area (Å²) in [4.78, 5) is 22.1. The van der Waals surface area contributed by atoms with E-state index in [1.165, 1.54) is 24.3 Å². The largest absolute Gasteiger partial charge is 0.322 e. The summed E-state index contributed by atoms with van der Waals surface area (Å²) in [6, 6.07) is 11.3. The van der Waals surface area contributed by atoms with Gasteiger partial charge in [0.05, 0.1) is 4.92 Å². The Bertz CT molecular complexity index is 757. The van der Waals surface area contributed by atoms with Gasteiger partial charge in [0.2, 0.25) is 5.91 Å². The lowest BCUT2D eigenvalue weighted by Crippen LogP contribution is -2.08. The Morgan fingerprint density at radius 1 is 1.27 bits per heavy atom. The molecule has 0 aliphatic rings. The Labute approximate surface area is 132 Å². The minimum atomic E-state index is -0.479. The van der Waals surface area contributed by atoms with E-state index in [4.69, 9.17) is 11.6 Å². The molecule has 0 radical (unpaired) electrons. The molecule has 0 fully saturated rings. The van der Waals surface area contributed by atoms with Crippen molar-refractivity contribution in [1.82, 2.24) is 0 Å². The minimum absolute atomic E-state index is 0.0201. The number of nitro benzene ring substituents is 1. The quantitative estimate of drug-likeness (QED) is 0.521. The van der Waals surface area contributed by atoms with Crippen molar-refractivity contribution in [2.75, 3.05) is 5.32 Å². The molecular weight excluding hydrogens is 304 g/mol. The molecule has 0 saturated carbocycles. The predicted octanol–water partition coefficient (Wildman–Crippen LogP) is 4.21. The highest BCUT2D eigenvalue weighted by molar-refractivity contribution is 6.31. The van der Waals surface area contributed by atoms with Gasteiger partial charge >= 0.3 is 0 Å². The number of halogens is 1. The SMILES string of the molecule is Cc1c(Cl)cccc1NC(=O)C=Cc1cccc([N+](=O)[O-])c1. The first-order chi connectivity index (χ1) is 10.5. The van der Waals surface area contributed by atoms with Crippen LogP contribution in [0.4, 0.5) is 11.4 Å². The van der Waals surface area contributed by atoms with Crippen molar-refractivity contribution in [3.05, 3.63) is 74.8 Å². The zero-order valence-corrected chi connectivity index (χ0v) is 12.5. The van der Waals surface area contributed by atoms with Crippen molar-refractivity contribution in [1.29, 1.82) is 0 Å². The fourth-order valence-corrected chi connectivity index (χ4v) is 2.01. The number of carbonyl (C=O) groups is 1. The monoisotopic (exact) mass is 316 g/mol. The highest BCUT2D eigenvalue weighted by atomic mass is 35.5. The molecule has 2 rings (SSSR count). The summed E-state index contributed by atoms with van der Waals surface area (Å²) in [6.07, 6.45) is 2.83. The third-order valence-corrected chi connectivity index (χ3v) is 3.44. The van der Waals surface area contributed by atoms with Crippen molar-refractivity contribution in [3.63, 3.8) is 0 Å². The van der Waals surface area contributed by atoms with E-state index in [-0.39, 0.29) is 11.6 Å². The summed E-state index contributed by atoms with van der Waals surface area (Å²) < 4.78 is 0. The van der Waals surface area contributed by atoms with E-state index < -0.39 is 4.92 Å². The van der Waals surface area contributed by atoms with Crippen LogP contribution < -0.4 is 5.32 Å². The Morgan fingerprint density at radius 2 is 2.00 bits per heavy atom. The lowest BCUT2D eigenvalue weighted by molar-refractivity contribution is -0.384. The van der Waals surface area contributed by atoms with Gasteiger partial charge in [-0.25, -0.2) is 0 Å². The van der Waals surface area contributed by atoms with E-state index in [9.17, 15) is 14.9 Å². The molecule has 0 atom stereocenters. The number of nitrogens with one attached hydrogen (secondary N) is 1. The number of amides is 1. The van der Waals surface area contributed by atoms with Gasteiger partial charge in [-0.3, -0.25) is 14.9 Å². The van der Waals surface area contributed by atoms with Gasteiger partial charge < -0.3 is 5.32 Å².